The first-order chi connectivity index (χ1) is 16.4. The summed E-state index contributed by atoms with van der Waals surface area (Å²) in [6.45, 7) is 7.99. The predicted octanol–water partition coefficient (Wildman–Crippen LogP) is 5.02. The lowest BCUT2D eigenvalue weighted by Gasteiger charge is -2.30. The van der Waals surface area contributed by atoms with E-state index in [0.717, 1.165) is 33.6 Å². The van der Waals surface area contributed by atoms with Crippen LogP contribution in [0.25, 0.3) is 10.9 Å². The van der Waals surface area contributed by atoms with Crippen LogP contribution < -0.4 is 10.2 Å². The Balaban J connectivity index is 1.79. The third kappa shape index (κ3) is 4.72. The third-order valence-corrected chi connectivity index (χ3v) is 7.44. The lowest BCUT2D eigenvalue weighted by atomic mass is 10.00. The first kappa shape index (κ1) is 24.4. The summed E-state index contributed by atoms with van der Waals surface area (Å²) in [5.74, 6) is 0.422. The molecule has 1 aliphatic heterocycles. The molecule has 1 atom stereocenters. The molecule has 0 spiro atoms. The van der Waals surface area contributed by atoms with Gasteiger partial charge in [0.25, 0.3) is 0 Å². The number of fused-ring (bicyclic) bond motifs is 3. The van der Waals surface area contributed by atoms with Crippen molar-refractivity contribution in [1.82, 2.24) is 9.88 Å². The minimum absolute atomic E-state index is 0.0722. The second-order valence-corrected chi connectivity index (χ2v) is 9.80. The minimum Gasteiger partial charge on any atom is -0.382 e. The molecule has 1 N–H and O–H groups in total. The van der Waals surface area contributed by atoms with Gasteiger partial charge in [-0.1, -0.05) is 55.9 Å². The molecule has 1 aliphatic rings. The standard InChI is InChI=1S/C27H33N3O3S/c1-5-33-16-8-15-28-26(32)25-24-21-9-6-7-10-22(21)29(4)27(24)34-17-23(31)30(25)20-13-11-19(12-14-20)18(2)3/h6-7,9-14,18,25H,5,8,15-17H2,1-4H3,(H,28,32)/t25-/m0/s1. The van der Waals surface area contributed by atoms with Crippen LogP contribution in [0, 0.1) is 0 Å². The Bertz CT molecular complexity index is 1170. The van der Waals surface area contributed by atoms with Gasteiger partial charge >= 0.3 is 0 Å². The number of benzene rings is 2. The van der Waals surface area contributed by atoms with Crippen molar-refractivity contribution >= 4 is 40.2 Å². The maximum atomic E-state index is 13.7. The highest BCUT2D eigenvalue weighted by Crippen LogP contribution is 2.43. The van der Waals surface area contributed by atoms with Crippen molar-refractivity contribution in [3.63, 3.8) is 0 Å². The van der Waals surface area contributed by atoms with E-state index in [2.05, 4.69) is 29.8 Å². The van der Waals surface area contributed by atoms with Gasteiger partial charge in [-0.15, -0.1) is 0 Å². The molecular formula is C27H33N3O3S. The van der Waals surface area contributed by atoms with Gasteiger partial charge in [0.05, 0.1) is 10.8 Å². The van der Waals surface area contributed by atoms with Crippen molar-refractivity contribution in [2.45, 2.75) is 44.2 Å². The first-order valence-electron chi connectivity index (χ1n) is 11.9. The topological polar surface area (TPSA) is 63.6 Å². The number of rotatable bonds is 8. The summed E-state index contributed by atoms with van der Waals surface area (Å²) in [7, 11) is 2.00. The summed E-state index contributed by atoms with van der Waals surface area (Å²) in [5.41, 5.74) is 3.89. The molecule has 0 bridgehead atoms. The number of nitrogens with one attached hydrogen (secondary N) is 1. The molecule has 4 rings (SSSR count). The number of carbonyl (C=O) groups is 2. The smallest absolute Gasteiger partial charge is 0.247 e. The van der Waals surface area contributed by atoms with Crippen molar-refractivity contribution in [1.29, 1.82) is 0 Å². The van der Waals surface area contributed by atoms with Crippen LogP contribution in [0.5, 0.6) is 0 Å². The number of amides is 2. The van der Waals surface area contributed by atoms with Crippen LogP contribution >= 0.6 is 11.8 Å². The molecule has 7 heteroatoms. The SMILES string of the molecule is CCOCCCNC(=O)[C@@H]1c2c(n(C)c3ccccc23)SCC(=O)N1c1ccc(C(C)C)cc1. The van der Waals surface area contributed by atoms with Gasteiger partial charge in [-0.25, -0.2) is 0 Å². The monoisotopic (exact) mass is 479 g/mol. The zero-order chi connectivity index (χ0) is 24.2. The molecule has 0 saturated carbocycles. The average Bonchev–Trinajstić information content (AvgIpc) is 3.01. The number of para-hydroxylation sites is 1. The zero-order valence-electron chi connectivity index (χ0n) is 20.3. The van der Waals surface area contributed by atoms with Gasteiger partial charge < -0.3 is 14.6 Å². The van der Waals surface area contributed by atoms with Gasteiger partial charge in [-0.3, -0.25) is 14.5 Å². The lowest BCUT2D eigenvalue weighted by Crippen LogP contribution is -2.44. The fourth-order valence-electron chi connectivity index (χ4n) is 4.50. The number of nitrogens with zero attached hydrogens (tertiary/aromatic N) is 2. The lowest BCUT2D eigenvalue weighted by molar-refractivity contribution is -0.125. The summed E-state index contributed by atoms with van der Waals surface area (Å²) >= 11 is 1.50. The Morgan fingerprint density at radius 1 is 1.18 bits per heavy atom. The Labute approximate surface area is 205 Å². The summed E-state index contributed by atoms with van der Waals surface area (Å²) in [4.78, 5) is 28.9. The highest BCUT2D eigenvalue weighted by atomic mass is 32.2. The molecule has 2 amide bonds. The number of hydrogen-bond acceptors (Lipinski definition) is 4. The van der Waals surface area contributed by atoms with Gasteiger partial charge in [-0.2, -0.15) is 0 Å². The van der Waals surface area contributed by atoms with Crippen LogP contribution in [-0.2, 0) is 21.4 Å². The van der Waals surface area contributed by atoms with E-state index in [-0.39, 0.29) is 17.6 Å². The summed E-state index contributed by atoms with van der Waals surface area (Å²) in [6.07, 6.45) is 0.723. The maximum absolute atomic E-state index is 13.7. The molecule has 180 valence electrons. The van der Waals surface area contributed by atoms with E-state index >= 15 is 0 Å². The molecule has 2 aromatic carbocycles. The van der Waals surface area contributed by atoms with E-state index in [4.69, 9.17) is 4.74 Å². The summed E-state index contributed by atoms with van der Waals surface area (Å²) < 4.78 is 7.51. The summed E-state index contributed by atoms with van der Waals surface area (Å²) in [6, 6.07) is 15.4. The average molecular weight is 480 g/mol. The molecule has 2 heterocycles. The largest absolute Gasteiger partial charge is 0.382 e. The van der Waals surface area contributed by atoms with E-state index in [1.54, 1.807) is 4.90 Å². The molecular weight excluding hydrogens is 446 g/mol. The molecule has 3 aromatic rings. The van der Waals surface area contributed by atoms with Crippen LogP contribution in [0.2, 0.25) is 0 Å². The van der Waals surface area contributed by atoms with Crippen LogP contribution in [-0.4, -0.2) is 41.9 Å². The second kappa shape index (κ2) is 10.7. The number of aryl methyl sites for hydroxylation is 1. The van der Waals surface area contributed by atoms with Crippen LogP contribution in [0.15, 0.2) is 53.6 Å². The number of anilines is 1. The van der Waals surface area contributed by atoms with Crippen molar-refractivity contribution < 1.29 is 14.3 Å². The fraction of sp³-hybridized carbons (Fsp3) is 0.407. The zero-order valence-corrected chi connectivity index (χ0v) is 21.2. The molecule has 1 aromatic heterocycles. The van der Waals surface area contributed by atoms with E-state index in [1.165, 1.54) is 17.3 Å². The van der Waals surface area contributed by atoms with Crippen LogP contribution in [0.3, 0.4) is 0 Å². The minimum atomic E-state index is -0.749. The quantitative estimate of drug-likeness (QED) is 0.461. The molecule has 0 unspecified atom stereocenters. The van der Waals surface area contributed by atoms with E-state index in [9.17, 15) is 9.59 Å². The van der Waals surface area contributed by atoms with E-state index in [1.807, 2.05) is 56.4 Å². The van der Waals surface area contributed by atoms with E-state index in [0.29, 0.717) is 25.7 Å². The predicted molar refractivity (Wildman–Crippen MR) is 139 cm³/mol. The maximum Gasteiger partial charge on any atom is 0.247 e. The van der Waals surface area contributed by atoms with Gasteiger partial charge in [0.15, 0.2) is 0 Å². The Morgan fingerprint density at radius 3 is 2.62 bits per heavy atom. The van der Waals surface area contributed by atoms with Gasteiger partial charge in [0.1, 0.15) is 6.04 Å². The molecule has 0 aliphatic carbocycles. The summed E-state index contributed by atoms with van der Waals surface area (Å²) in [5, 5.41) is 5.04. The third-order valence-electron chi connectivity index (χ3n) is 6.28. The van der Waals surface area contributed by atoms with Crippen molar-refractivity contribution in [2.75, 3.05) is 30.4 Å². The second-order valence-electron chi connectivity index (χ2n) is 8.84. The normalized spacial score (nSPS) is 16.1. The fourth-order valence-corrected chi connectivity index (χ4v) is 5.57. The Kier molecular flexibility index (Phi) is 7.63. The van der Waals surface area contributed by atoms with Gasteiger partial charge in [0, 0.05) is 49.0 Å². The molecule has 6 nitrogen and oxygen atoms in total. The number of hydrogen-bond donors (Lipinski definition) is 1. The highest BCUT2D eigenvalue weighted by molar-refractivity contribution is 8.00. The van der Waals surface area contributed by atoms with Crippen LogP contribution in [0.4, 0.5) is 5.69 Å². The van der Waals surface area contributed by atoms with Gasteiger partial charge in [0.2, 0.25) is 11.8 Å². The molecule has 0 radical (unpaired) electrons. The number of ether oxygens (including phenoxy) is 1. The Hall–Kier alpha value is -2.77. The number of carbonyl (C=O) groups excluding carboxylic acids is 2. The Morgan fingerprint density at radius 2 is 1.91 bits per heavy atom. The first-order valence-corrected chi connectivity index (χ1v) is 12.9. The number of thioether (sulfide) groups is 1. The van der Waals surface area contributed by atoms with Crippen molar-refractivity contribution in [2.24, 2.45) is 7.05 Å². The van der Waals surface area contributed by atoms with E-state index < -0.39 is 6.04 Å². The molecule has 0 fully saturated rings. The van der Waals surface area contributed by atoms with Crippen molar-refractivity contribution in [3.05, 3.63) is 59.7 Å². The van der Waals surface area contributed by atoms with Crippen molar-refractivity contribution in [3.8, 4) is 0 Å². The van der Waals surface area contributed by atoms with Crippen LogP contribution in [0.1, 0.15) is 50.3 Å². The highest BCUT2D eigenvalue weighted by Gasteiger charge is 2.39. The molecule has 0 saturated heterocycles. The van der Waals surface area contributed by atoms with Gasteiger partial charge in [-0.05, 0) is 43.0 Å². The number of aromatic nitrogens is 1. The molecule has 34 heavy (non-hydrogen) atoms.